The van der Waals surface area contributed by atoms with Gasteiger partial charge in [0.2, 0.25) is 5.91 Å². The van der Waals surface area contributed by atoms with Gasteiger partial charge in [-0.05, 0) is 24.7 Å². The Bertz CT molecular complexity index is 529. The molecule has 0 fully saturated rings. The number of nitro groups is 1. The number of nitrogens with zero attached hydrogens (tertiary/aromatic N) is 1. The molecule has 0 aliphatic rings. The van der Waals surface area contributed by atoms with E-state index in [-0.39, 0.29) is 22.6 Å². The van der Waals surface area contributed by atoms with E-state index in [0.29, 0.717) is 5.69 Å². The molecule has 2 N–H and O–H groups in total. The summed E-state index contributed by atoms with van der Waals surface area (Å²) in [5, 5.41) is 16.1. The summed E-state index contributed by atoms with van der Waals surface area (Å²) in [6.07, 6.45) is 0. The van der Waals surface area contributed by atoms with Crippen molar-refractivity contribution in [2.24, 2.45) is 5.92 Å². The summed E-state index contributed by atoms with van der Waals surface area (Å²) >= 11 is 4.99. The van der Waals surface area contributed by atoms with E-state index < -0.39 is 4.92 Å². The number of aryl methyl sites for hydroxylation is 1. The van der Waals surface area contributed by atoms with E-state index in [1.807, 2.05) is 0 Å². The molecular formula is C12H15N3O3S. The number of nitrogens with one attached hydrogen (secondary N) is 2. The fourth-order valence-corrected chi connectivity index (χ4v) is 1.48. The molecule has 0 aromatic heterocycles. The van der Waals surface area contributed by atoms with Crippen LogP contribution in [0.3, 0.4) is 0 Å². The first-order valence-corrected chi connectivity index (χ1v) is 6.09. The summed E-state index contributed by atoms with van der Waals surface area (Å²) in [4.78, 5) is 21.7. The van der Waals surface area contributed by atoms with Crippen molar-refractivity contribution in [2.45, 2.75) is 20.8 Å². The van der Waals surface area contributed by atoms with Gasteiger partial charge in [0.25, 0.3) is 5.69 Å². The van der Waals surface area contributed by atoms with Crippen LogP contribution in [-0.4, -0.2) is 15.9 Å². The number of thiocarbonyl (C=S) groups is 1. The summed E-state index contributed by atoms with van der Waals surface area (Å²) in [5.41, 5.74) is 1.26. The van der Waals surface area contributed by atoms with Crippen LogP contribution < -0.4 is 10.6 Å². The molecule has 0 saturated heterocycles. The summed E-state index contributed by atoms with van der Waals surface area (Å²) in [7, 11) is 0. The average molecular weight is 281 g/mol. The Kier molecular flexibility index (Phi) is 4.94. The molecule has 0 aliphatic carbocycles. The lowest BCUT2D eigenvalue weighted by Gasteiger charge is -2.12. The monoisotopic (exact) mass is 281 g/mol. The zero-order chi connectivity index (χ0) is 14.6. The molecule has 0 radical (unpaired) electrons. The number of nitro benzene ring substituents is 1. The van der Waals surface area contributed by atoms with Gasteiger partial charge in [-0.2, -0.15) is 0 Å². The van der Waals surface area contributed by atoms with Gasteiger partial charge in [0.05, 0.1) is 4.92 Å². The van der Waals surface area contributed by atoms with Crippen LogP contribution >= 0.6 is 12.2 Å². The highest BCUT2D eigenvalue weighted by Crippen LogP contribution is 2.21. The summed E-state index contributed by atoms with van der Waals surface area (Å²) in [5.74, 6) is -0.397. The van der Waals surface area contributed by atoms with Crippen LogP contribution in [0.4, 0.5) is 11.4 Å². The molecule has 0 unspecified atom stereocenters. The van der Waals surface area contributed by atoms with Crippen LogP contribution in [-0.2, 0) is 4.79 Å². The molecule has 19 heavy (non-hydrogen) atoms. The van der Waals surface area contributed by atoms with E-state index in [1.54, 1.807) is 26.8 Å². The maximum atomic E-state index is 11.5. The molecule has 7 heteroatoms. The Morgan fingerprint density at radius 3 is 2.58 bits per heavy atom. The molecule has 0 saturated carbocycles. The standard InChI is InChI=1S/C12H15N3O3S/c1-7(2)11(16)14-12(19)13-10-6-9(15(17)18)5-4-8(10)3/h4-7H,1-3H3,(H2,13,14,16,19). The van der Waals surface area contributed by atoms with Gasteiger partial charge in [-0.3, -0.25) is 14.9 Å². The molecule has 6 nitrogen and oxygen atoms in total. The third-order valence-corrected chi connectivity index (χ3v) is 2.65. The van der Waals surface area contributed by atoms with Gasteiger partial charge in [-0.1, -0.05) is 19.9 Å². The minimum absolute atomic E-state index is 0.0360. The molecule has 0 heterocycles. The van der Waals surface area contributed by atoms with Gasteiger partial charge in [-0.15, -0.1) is 0 Å². The molecule has 0 aliphatic heterocycles. The number of hydrogen-bond donors (Lipinski definition) is 2. The third kappa shape index (κ3) is 4.29. The Balaban J connectivity index is 2.81. The van der Waals surface area contributed by atoms with Crippen LogP contribution in [0.15, 0.2) is 18.2 Å². The highest BCUT2D eigenvalue weighted by molar-refractivity contribution is 7.80. The lowest BCUT2D eigenvalue weighted by Crippen LogP contribution is -2.36. The van der Waals surface area contributed by atoms with E-state index in [2.05, 4.69) is 10.6 Å². The Morgan fingerprint density at radius 1 is 1.42 bits per heavy atom. The highest BCUT2D eigenvalue weighted by atomic mass is 32.1. The Morgan fingerprint density at radius 2 is 2.05 bits per heavy atom. The number of rotatable bonds is 3. The first-order chi connectivity index (χ1) is 8.81. The molecule has 1 amide bonds. The van der Waals surface area contributed by atoms with Crippen molar-refractivity contribution in [3.05, 3.63) is 33.9 Å². The van der Waals surface area contributed by atoms with E-state index >= 15 is 0 Å². The van der Waals surface area contributed by atoms with Gasteiger partial charge in [-0.25, -0.2) is 0 Å². The van der Waals surface area contributed by atoms with Gasteiger partial charge in [0.1, 0.15) is 0 Å². The minimum Gasteiger partial charge on any atom is -0.332 e. The zero-order valence-electron chi connectivity index (χ0n) is 10.9. The Hall–Kier alpha value is -2.02. The van der Waals surface area contributed by atoms with Crippen molar-refractivity contribution in [2.75, 3.05) is 5.32 Å². The number of anilines is 1. The van der Waals surface area contributed by atoms with Crippen LogP contribution in [0.25, 0.3) is 0 Å². The zero-order valence-corrected chi connectivity index (χ0v) is 11.7. The number of benzene rings is 1. The molecule has 1 aromatic carbocycles. The minimum atomic E-state index is -0.486. The van der Waals surface area contributed by atoms with Crippen molar-refractivity contribution in [3.8, 4) is 0 Å². The van der Waals surface area contributed by atoms with Crippen molar-refractivity contribution in [3.63, 3.8) is 0 Å². The SMILES string of the molecule is Cc1ccc([N+](=O)[O-])cc1NC(=S)NC(=O)C(C)C. The molecule has 1 rings (SSSR count). The second-order valence-electron chi connectivity index (χ2n) is 4.35. The lowest BCUT2D eigenvalue weighted by molar-refractivity contribution is -0.384. The van der Waals surface area contributed by atoms with E-state index in [4.69, 9.17) is 12.2 Å². The van der Waals surface area contributed by atoms with E-state index in [1.165, 1.54) is 12.1 Å². The topological polar surface area (TPSA) is 84.3 Å². The largest absolute Gasteiger partial charge is 0.332 e. The van der Waals surface area contributed by atoms with Crippen LogP contribution in [0.5, 0.6) is 0 Å². The van der Waals surface area contributed by atoms with Crippen molar-refractivity contribution >= 4 is 34.6 Å². The number of carbonyl (C=O) groups is 1. The van der Waals surface area contributed by atoms with Crippen molar-refractivity contribution in [1.82, 2.24) is 5.32 Å². The fraction of sp³-hybridized carbons (Fsp3) is 0.333. The number of hydrogen-bond acceptors (Lipinski definition) is 4. The van der Waals surface area contributed by atoms with Gasteiger partial charge < -0.3 is 10.6 Å². The Labute approximate surface area is 116 Å². The summed E-state index contributed by atoms with van der Waals surface area (Å²) in [6.45, 7) is 5.28. The van der Waals surface area contributed by atoms with Gasteiger partial charge >= 0.3 is 0 Å². The van der Waals surface area contributed by atoms with Gasteiger partial charge in [0, 0.05) is 23.7 Å². The molecule has 0 atom stereocenters. The predicted molar refractivity (Wildman–Crippen MR) is 77.0 cm³/mol. The second kappa shape index (κ2) is 6.24. The van der Waals surface area contributed by atoms with E-state index in [9.17, 15) is 14.9 Å². The summed E-state index contributed by atoms with van der Waals surface area (Å²) in [6, 6.07) is 4.41. The molecule has 102 valence electrons. The quantitative estimate of drug-likeness (QED) is 0.505. The molecule has 1 aromatic rings. The highest BCUT2D eigenvalue weighted by Gasteiger charge is 2.12. The van der Waals surface area contributed by atoms with Crippen LogP contribution in [0.2, 0.25) is 0 Å². The summed E-state index contributed by atoms with van der Waals surface area (Å²) < 4.78 is 0. The number of non-ortho nitro benzene ring substituents is 1. The lowest BCUT2D eigenvalue weighted by atomic mass is 10.2. The number of carbonyl (C=O) groups excluding carboxylic acids is 1. The van der Waals surface area contributed by atoms with Crippen LogP contribution in [0, 0.1) is 23.0 Å². The van der Waals surface area contributed by atoms with E-state index in [0.717, 1.165) is 5.56 Å². The third-order valence-electron chi connectivity index (χ3n) is 2.44. The first kappa shape index (κ1) is 15.0. The second-order valence-corrected chi connectivity index (χ2v) is 4.76. The average Bonchev–Trinajstić information content (AvgIpc) is 2.31. The molecular weight excluding hydrogens is 266 g/mol. The smallest absolute Gasteiger partial charge is 0.271 e. The first-order valence-electron chi connectivity index (χ1n) is 5.68. The predicted octanol–water partition coefficient (Wildman–Crippen LogP) is 2.37. The maximum Gasteiger partial charge on any atom is 0.271 e. The molecule has 0 bridgehead atoms. The van der Waals surface area contributed by atoms with Crippen LogP contribution in [0.1, 0.15) is 19.4 Å². The maximum absolute atomic E-state index is 11.5. The normalized spacial score (nSPS) is 10.1. The van der Waals surface area contributed by atoms with Gasteiger partial charge in [0.15, 0.2) is 5.11 Å². The fourth-order valence-electron chi connectivity index (χ4n) is 1.27. The number of amides is 1. The van der Waals surface area contributed by atoms with Crippen molar-refractivity contribution in [1.29, 1.82) is 0 Å². The molecule has 0 spiro atoms. The van der Waals surface area contributed by atoms with Crippen molar-refractivity contribution < 1.29 is 9.72 Å².